The van der Waals surface area contributed by atoms with Crippen molar-refractivity contribution in [3.8, 4) is 0 Å². The Bertz CT molecular complexity index is 751. The molecule has 0 saturated heterocycles. The molecule has 21 heavy (non-hydrogen) atoms. The van der Waals surface area contributed by atoms with Crippen LogP contribution < -0.4 is 5.32 Å². The maximum absolute atomic E-state index is 13.0. The first-order valence-corrected chi connectivity index (χ1v) is 7.15. The minimum atomic E-state index is -0.227. The number of furan rings is 1. The molecular formula is C17H15ClFNO. The van der Waals surface area contributed by atoms with Gasteiger partial charge < -0.3 is 9.73 Å². The van der Waals surface area contributed by atoms with Crippen LogP contribution in [0.1, 0.15) is 17.4 Å². The lowest BCUT2D eigenvalue weighted by molar-refractivity contribution is 0.451. The van der Waals surface area contributed by atoms with Gasteiger partial charge in [-0.15, -0.1) is 0 Å². The van der Waals surface area contributed by atoms with Crippen LogP contribution in [-0.4, -0.2) is 7.05 Å². The molecule has 4 heteroatoms. The number of likely N-dealkylation sites (N-methyl/N-ethyl adjacent to an activating group) is 1. The number of halogens is 2. The van der Waals surface area contributed by atoms with E-state index in [0.29, 0.717) is 17.0 Å². The highest BCUT2D eigenvalue weighted by molar-refractivity contribution is 6.34. The minimum Gasteiger partial charge on any atom is -0.458 e. The molecule has 0 aliphatic heterocycles. The van der Waals surface area contributed by atoms with Gasteiger partial charge in [-0.3, -0.25) is 0 Å². The average Bonchev–Trinajstić information content (AvgIpc) is 2.92. The van der Waals surface area contributed by atoms with E-state index >= 15 is 0 Å². The Hall–Kier alpha value is -1.84. The van der Waals surface area contributed by atoms with Gasteiger partial charge in [0, 0.05) is 5.39 Å². The van der Waals surface area contributed by atoms with Crippen LogP contribution in [0.15, 0.2) is 52.9 Å². The molecule has 3 rings (SSSR count). The van der Waals surface area contributed by atoms with Crippen molar-refractivity contribution < 1.29 is 8.81 Å². The molecule has 3 aromatic rings. The Morgan fingerprint density at radius 2 is 1.95 bits per heavy atom. The Morgan fingerprint density at radius 3 is 2.62 bits per heavy atom. The van der Waals surface area contributed by atoms with Gasteiger partial charge in [0.2, 0.25) is 0 Å². The van der Waals surface area contributed by atoms with E-state index in [0.717, 1.165) is 16.7 Å². The van der Waals surface area contributed by atoms with Crippen molar-refractivity contribution in [2.75, 3.05) is 7.05 Å². The number of nitrogens with one attached hydrogen (secondary N) is 1. The molecule has 0 amide bonds. The molecule has 2 nitrogen and oxygen atoms in total. The molecule has 1 atom stereocenters. The summed E-state index contributed by atoms with van der Waals surface area (Å²) in [5, 5.41) is 4.82. The predicted molar refractivity (Wildman–Crippen MR) is 83.1 cm³/mol. The van der Waals surface area contributed by atoms with Crippen molar-refractivity contribution in [3.05, 3.63) is 70.7 Å². The third kappa shape index (κ3) is 2.94. The fraction of sp³-hybridized carbons (Fsp3) is 0.176. The highest BCUT2D eigenvalue weighted by Crippen LogP contribution is 2.30. The summed E-state index contributed by atoms with van der Waals surface area (Å²) in [4.78, 5) is 0. The molecule has 0 bridgehead atoms. The van der Waals surface area contributed by atoms with Crippen LogP contribution in [0.5, 0.6) is 0 Å². The van der Waals surface area contributed by atoms with Crippen LogP contribution in [0.4, 0.5) is 4.39 Å². The van der Waals surface area contributed by atoms with Gasteiger partial charge in [0.05, 0.1) is 11.1 Å². The molecule has 0 radical (unpaired) electrons. The van der Waals surface area contributed by atoms with Crippen LogP contribution in [0.2, 0.25) is 5.02 Å². The van der Waals surface area contributed by atoms with E-state index in [2.05, 4.69) is 5.32 Å². The largest absolute Gasteiger partial charge is 0.458 e. The Labute approximate surface area is 127 Å². The summed E-state index contributed by atoms with van der Waals surface area (Å²) in [6.07, 6.45) is 0.716. The molecule has 1 aromatic heterocycles. The van der Waals surface area contributed by atoms with E-state index in [1.807, 2.05) is 31.3 Å². The third-order valence-corrected chi connectivity index (χ3v) is 3.86. The van der Waals surface area contributed by atoms with Crippen molar-refractivity contribution in [1.29, 1.82) is 0 Å². The Balaban J connectivity index is 1.90. The SMILES string of the molecule is CNC(Cc1ccc(F)cc1)c1cc2cccc(Cl)c2o1. The molecule has 1 unspecified atom stereocenters. The normalized spacial score (nSPS) is 12.7. The number of fused-ring (bicyclic) bond motifs is 1. The summed E-state index contributed by atoms with van der Waals surface area (Å²) in [5.41, 5.74) is 1.75. The Morgan fingerprint density at radius 1 is 1.19 bits per heavy atom. The van der Waals surface area contributed by atoms with Crippen molar-refractivity contribution >= 4 is 22.6 Å². The van der Waals surface area contributed by atoms with Gasteiger partial charge in [-0.05, 0) is 43.3 Å². The second kappa shape index (κ2) is 5.88. The van der Waals surface area contributed by atoms with E-state index < -0.39 is 0 Å². The van der Waals surface area contributed by atoms with Crippen molar-refractivity contribution in [3.63, 3.8) is 0 Å². The quantitative estimate of drug-likeness (QED) is 0.754. The summed E-state index contributed by atoms with van der Waals surface area (Å²) in [7, 11) is 1.88. The number of para-hydroxylation sites is 1. The summed E-state index contributed by atoms with van der Waals surface area (Å²) in [5.74, 6) is 0.597. The van der Waals surface area contributed by atoms with Gasteiger partial charge in [0.25, 0.3) is 0 Å². The molecule has 0 fully saturated rings. The van der Waals surface area contributed by atoms with E-state index in [-0.39, 0.29) is 11.9 Å². The molecule has 0 aliphatic carbocycles. The van der Waals surface area contributed by atoms with Crippen molar-refractivity contribution in [1.82, 2.24) is 5.32 Å². The lowest BCUT2D eigenvalue weighted by Crippen LogP contribution is -2.18. The number of hydrogen-bond donors (Lipinski definition) is 1. The summed E-state index contributed by atoms with van der Waals surface area (Å²) in [6.45, 7) is 0. The highest BCUT2D eigenvalue weighted by Gasteiger charge is 2.16. The van der Waals surface area contributed by atoms with Gasteiger partial charge >= 0.3 is 0 Å². The van der Waals surface area contributed by atoms with Crippen LogP contribution in [-0.2, 0) is 6.42 Å². The van der Waals surface area contributed by atoms with Gasteiger partial charge in [0.15, 0.2) is 5.58 Å². The van der Waals surface area contributed by atoms with Gasteiger partial charge in [0.1, 0.15) is 11.6 Å². The summed E-state index contributed by atoms with van der Waals surface area (Å²) in [6, 6.07) is 14.2. The molecule has 2 aromatic carbocycles. The molecule has 0 spiro atoms. The minimum absolute atomic E-state index is 0.0129. The zero-order valence-electron chi connectivity index (χ0n) is 11.6. The van der Waals surface area contributed by atoms with Crippen molar-refractivity contribution in [2.24, 2.45) is 0 Å². The molecular weight excluding hydrogens is 289 g/mol. The van der Waals surface area contributed by atoms with Crippen LogP contribution >= 0.6 is 11.6 Å². The van der Waals surface area contributed by atoms with E-state index in [1.54, 1.807) is 12.1 Å². The fourth-order valence-corrected chi connectivity index (χ4v) is 2.64. The second-order valence-electron chi connectivity index (χ2n) is 4.98. The maximum Gasteiger partial charge on any atom is 0.152 e. The first-order chi connectivity index (χ1) is 10.2. The zero-order chi connectivity index (χ0) is 14.8. The smallest absolute Gasteiger partial charge is 0.152 e. The van der Waals surface area contributed by atoms with Gasteiger partial charge in [-0.25, -0.2) is 4.39 Å². The van der Waals surface area contributed by atoms with Gasteiger partial charge in [-0.2, -0.15) is 0 Å². The summed E-state index contributed by atoms with van der Waals surface area (Å²) < 4.78 is 18.8. The second-order valence-corrected chi connectivity index (χ2v) is 5.39. The van der Waals surface area contributed by atoms with Crippen LogP contribution in [0.25, 0.3) is 11.0 Å². The first kappa shape index (κ1) is 14.1. The number of rotatable bonds is 4. The van der Waals surface area contributed by atoms with Crippen molar-refractivity contribution in [2.45, 2.75) is 12.5 Å². The summed E-state index contributed by atoms with van der Waals surface area (Å²) >= 11 is 6.14. The molecule has 108 valence electrons. The van der Waals surface area contributed by atoms with Gasteiger partial charge in [-0.1, -0.05) is 35.9 Å². The average molecular weight is 304 g/mol. The highest BCUT2D eigenvalue weighted by atomic mass is 35.5. The third-order valence-electron chi connectivity index (χ3n) is 3.56. The molecule has 0 aliphatic rings. The monoisotopic (exact) mass is 303 g/mol. The first-order valence-electron chi connectivity index (χ1n) is 6.77. The number of benzene rings is 2. The molecule has 1 N–H and O–H groups in total. The topological polar surface area (TPSA) is 25.2 Å². The maximum atomic E-state index is 13.0. The standard InChI is InChI=1S/C17H15ClFNO/c1-20-15(9-11-5-7-13(19)8-6-11)16-10-12-3-2-4-14(18)17(12)21-16/h2-8,10,15,20H,9H2,1H3. The van der Waals surface area contributed by atoms with Crippen LogP contribution in [0, 0.1) is 5.82 Å². The zero-order valence-corrected chi connectivity index (χ0v) is 12.3. The van der Waals surface area contributed by atoms with E-state index in [4.69, 9.17) is 16.0 Å². The lowest BCUT2D eigenvalue weighted by atomic mass is 10.0. The number of hydrogen-bond acceptors (Lipinski definition) is 2. The molecule has 1 heterocycles. The van der Waals surface area contributed by atoms with E-state index in [9.17, 15) is 4.39 Å². The fourth-order valence-electron chi connectivity index (χ4n) is 2.42. The van der Waals surface area contributed by atoms with E-state index in [1.165, 1.54) is 12.1 Å². The van der Waals surface area contributed by atoms with Crippen LogP contribution in [0.3, 0.4) is 0 Å². The molecule has 0 saturated carbocycles. The Kier molecular flexibility index (Phi) is 3.95. The lowest BCUT2D eigenvalue weighted by Gasteiger charge is -2.13. The predicted octanol–water partition coefficient (Wildman–Crippen LogP) is 4.73.